The zero-order valence-electron chi connectivity index (χ0n) is 7.61. The largest absolute Gasteiger partial charge is 0.453 e. The van der Waals surface area contributed by atoms with Crippen LogP contribution < -0.4 is 10.1 Å². The Bertz CT molecular complexity index is 326. The van der Waals surface area contributed by atoms with Crippen LogP contribution in [0.4, 0.5) is 4.39 Å². The van der Waals surface area contributed by atoms with Crippen LogP contribution in [0.1, 0.15) is 0 Å². The Morgan fingerprint density at radius 2 is 2.14 bits per heavy atom. The molecule has 0 bridgehead atoms. The SMILES string of the molecule is FC(Oc1ccccc1)C1=NCCN1. The maximum absolute atomic E-state index is 13.4. The van der Waals surface area contributed by atoms with E-state index in [1.54, 1.807) is 24.3 Å². The summed E-state index contributed by atoms with van der Waals surface area (Å²) in [5.74, 6) is 0.797. The molecule has 1 heterocycles. The second-order valence-corrected chi connectivity index (χ2v) is 2.94. The van der Waals surface area contributed by atoms with E-state index < -0.39 is 6.36 Å². The van der Waals surface area contributed by atoms with Gasteiger partial charge in [-0.15, -0.1) is 0 Å². The summed E-state index contributed by atoms with van der Waals surface area (Å²) in [6, 6.07) is 8.87. The van der Waals surface area contributed by atoms with Gasteiger partial charge in [-0.05, 0) is 12.1 Å². The number of ether oxygens (including phenoxy) is 1. The number of hydrogen-bond donors (Lipinski definition) is 1. The van der Waals surface area contributed by atoms with Crippen LogP contribution >= 0.6 is 0 Å². The van der Waals surface area contributed by atoms with Crippen LogP contribution in [0.5, 0.6) is 5.75 Å². The molecule has 74 valence electrons. The van der Waals surface area contributed by atoms with E-state index >= 15 is 0 Å². The molecule has 0 radical (unpaired) electrons. The molecule has 3 nitrogen and oxygen atoms in total. The maximum atomic E-state index is 13.4. The van der Waals surface area contributed by atoms with E-state index in [2.05, 4.69) is 10.3 Å². The van der Waals surface area contributed by atoms with Gasteiger partial charge in [0.25, 0.3) is 6.36 Å². The first-order chi connectivity index (χ1) is 6.86. The van der Waals surface area contributed by atoms with E-state index in [-0.39, 0.29) is 5.84 Å². The highest BCUT2D eigenvalue weighted by molar-refractivity contribution is 5.86. The summed E-state index contributed by atoms with van der Waals surface area (Å²) in [7, 11) is 0. The molecule has 0 spiro atoms. The fourth-order valence-electron chi connectivity index (χ4n) is 1.24. The molecule has 4 heteroatoms. The minimum atomic E-state index is -1.49. The molecule has 1 atom stereocenters. The van der Waals surface area contributed by atoms with Crippen LogP contribution in [0.25, 0.3) is 0 Å². The molecule has 0 fully saturated rings. The molecule has 1 aliphatic heterocycles. The minimum Gasteiger partial charge on any atom is -0.453 e. The molecule has 1 aromatic rings. The maximum Gasteiger partial charge on any atom is 0.295 e. The summed E-state index contributed by atoms with van der Waals surface area (Å²) in [5.41, 5.74) is 0. The number of hydrogen-bond acceptors (Lipinski definition) is 3. The fraction of sp³-hybridized carbons (Fsp3) is 0.300. The molecular formula is C10H11FN2O. The van der Waals surface area contributed by atoms with E-state index in [0.717, 1.165) is 0 Å². The number of halogens is 1. The van der Waals surface area contributed by atoms with Gasteiger partial charge in [0.2, 0.25) is 0 Å². The first kappa shape index (κ1) is 8.99. The quantitative estimate of drug-likeness (QED) is 0.788. The molecule has 0 saturated carbocycles. The topological polar surface area (TPSA) is 33.6 Å². The molecule has 1 unspecified atom stereocenters. The van der Waals surface area contributed by atoms with Gasteiger partial charge in [-0.25, -0.2) is 0 Å². The summed E-state index contributed by atoms with van der Waals surface area (Å²) < 4.78 is 18.4. The Labute approximate surface area is 81.6 Å². The third kappa shape index (κ3) is 2.02. The van der Waals surface area contributed by atoms with E-state index in [1.807, 2.05) is 6.07 Å². The van der Waals surface area contributed by atoms with Gasteiger partial charge < -0.3 is 10.1 Å². The minimum absolute atomic E-state index is 0.286. The van der Waals surface area contributed by atoms with Crippen molar-refractivity contribution in [2.75, 3.05) is 13.1 Å². The van der Waals surface area contributed by atoms with Crippen molar-refractivity contribution in [3.63, 3.8) is 0 Å². The summed E-state index contributed by atoms with van der Waals surface area (Å²) in [5, 5.41) is 2.83. The van der Waals surface area contributed by atoms with Crippen molar-refractivity contribution in [1.82, 2.24) is 5.32 Å². The van der Waals surface area contributed by atoms with Gasteiger partial charge in [0.1, 0.15) is 5.75 Å². The second kappa shape index (κ2) is 4.09. The highest BCUT2D eigenvalue weighted by Crippen LogP contribution is 2.12. The number of alkyl halides is 1. The third-order valence-electron chi connectivity index (χ3n) is 1.90. The summed E-state index contributed by atoms with van der Waals surface area (Å²) in [6.07, 6.45) is -1.49. The zero-order chi connectivity index (χ0) is 9.80. The highest BCUT2D eigenvalue weighted by Gasteiger charge is 2.18. The standard InChI is InChI=1S/C10H11FN2O/c11-9(10-12-6-7-13-10)14-8-4-2-1-3-5-8/h1-5,9H,6-7H2,(H,12,13). The Morgan fingerprint density at radius 1 is 1.36 bits per heavy atom. The predicted molar refractivity (Wildman–Crippen MR) is 52.3 cm³/mol. The van der Waals surface area contributed by atoms with E-state index in [0.29, 0.717) is 18.8 Å². The molecule has 0 aromatic heterocycles. The Balaban J connectivity index is 1.97. The normalized spacial score (nSPS) is 17.1. The van der Waals surface area contributed by atoms with Crippen LogP contribution in [0.2, 0.25) is 0 Å². The Kier molecular flexibility index (Phi) is 2.62. The van der Waals surface area contributed by atoms with Crippen molar-refractivity contribution in [3.8, 4) is 5.75 Å². The van der Waals surface area contributed by atoms with Crippen molar-refractivity contribution in [3.05, 3.63) is 30.3 Å². The molecule has 2 rings (SSSR count). The second-order valence-electron chi connectivity index (χ2n) is 2.94. The number of aliphatic imine (C=N–C) groups is 1. The Hall–Kier alpha value is -1.58. The van der Waals surface area contributed by atoms with Crippen LogP contribution in [-0.4, -0.2) is 25.3 Å². The van der Waals surface area contributed by atoms with Crippen molar-refractivity contribution in [2.24, 2.45) is 4.99 Å². The average molecular weight is 194 g/mol. The number of benzene rings is 1. The number of rotatable bonds is 3. The van der Waals surface area contributed by atoms with Crippen molar-refractivity contribution >= 4 is 5.84 Å². The average Bonchev–Trinajstić information content (AvgIpc) is 2.72. The van der Waals surface area contributed by atoms with E-state index in [9.17, 15) is 4.39 Å². The molecular weight excluding hydrogens is 183 g/mol. The Morgan fingerprint density at radius 3 is 2.79 bits per heavy atom. The van der Waals surface area contributed by atoms with E-state index in [4.69, 9.17) is 4.74 Å². The van der Waals surface area contributed by atoms with Crippen molar-refractivity contribution in [1.29, 1.82) is 0 Å². The molecule has 1 aromatic carbocycles. The number of nitrogens with one attached hydrogen (secondary N) is 1. The van der Waals surface area contributed by atoms with Gasteiger partial charge in [-0.1, -0.05) is 18.2 Å². The lowest BCUT2D eigenvalue weighted by Gasteiger charge is -2.11. The van der Waals surface area contributed by atoms with Crippen molar-refractivity contribution < 1.29 is 9.13 Å². The molecule has 14 heavy (non-hydrogen) atoms. The molecule has 0 saturated heterocycles. The number of nitrogens with zero attached hydrogens (tertiary/aromatic N) is 1. The van der Waals surface area contributed by atoms with Crippen molar-refractivity contribution in [2.45, 2.75) is 6.36 Å². The van der Waals surface area contributed by atoms with Gasteiger partial charge in [0, 0.05) is 6.54 Å². The molecule has 1 aliphatic rings. The smallest absolute Gasteiger partial charge is 0.295 e. The van der Waals surface area contributed by atoms with Gasteiger partial charge in [0.15, 0.2) is 5.84 Å². The lowest BCUT2D eigenvalue weighted by Crippen LogP contribution is -2.32. The zero-order valence-corrected chi connectivity index (χ0v) is 7.61. The van der Waals surface area contributed by atoms with Crippen LogP contribution in [0, 0.1) is 0 Å². The summed E-state index contributed by atoms with van der Waals surface area (Å²) >= 11 is 0. The third-order valence-corrected chi connectivity index (χ3v) is 1.90. The summed E-state index contributed by atoms with van der Waals surface area (Å²) in [6.45, 7) is 1.31. The van der Waals surface area contributed by atoms with Crippen LogP contribution in [0.15, 0.2) is 35.3 Å². The molecule has 0 amide bonds. The number of para-hydroxylation sites is 1. The van der Waals surface area contributed by atoms with Gasteiger partial charge in [-0.2, -0.15) is 4.39 Å². The molecule has 1 N–H and O–H groups in total. The van der Waals surface area contributed by atoms with Gasteiger partial charge >= 0.3 is 0 Å². The highest BCUT2D eigenvalue weighted by atomic mass is 19.1. The van der Waals surface area contributed by atoms with Gasteiger partial charge in [-0.3, -0.25) is 4.99 Å². The first-order valence-corrected chi connectivity index (χ1v) is 4.50. The lowest BCUT2D eigenvalue weighted by atomic mass is 10.3. The fourth-order valence-corrected chi connectivity index (χ4v) is 1.24. The van der Waals surface area contributed by atoms with E-state index in [1.165, 1.54) is 0 Å². The number of amidine groups is 1. The lowest BCUT2D eigenvalue weighted by molar-refractivity contribution is 0.129. The first-order valence-electron chi connectivity index (χ1n) is 4.50. The summed E-state index contributed by atoms with van der Waals surface area (Å²) in [4.78, 5) is 3.94. The van der Waals surface area contributed by atoms with Crippen LogP contribution in [0.3, 0.4) is 0 Å². The monoisotopic (exact) mass is 194 g/mol. The molecule has 0 aliphatic carbocycles. The predicted octanol–water partition coefficient (Wildman–Crippen LogP) is 1.36. The van der Waals surface area contributed by atoms with Crippen LogP contribution in [-0.2, 0) is 0 Å². The van der Waals surface area contributed by atoms with Gasteiger partial charge in [0.05, 0.1) is 6.54 Å².